The van der Waals surface area contributed by atoms with Crippen molar-refractivity contribution in [1.29, 1.82) is 0 Å². The second-order valence-electron chi connectivity index (χ2n) is 6.25. The average Bonchev–Trinajstić information content (AvgIpc) is 3.15. The highest BCUT2D eigenvalue weighted by Crippen LogP contribution is 2.20. The van der Waals surface area contributed by atoms with E-state index < -0.39 is 12.7 Å². The molecule has 2 aromatic heterocycles. The smallest absolute Gasteiger partial charge is 0.352 e. The molecule has 0 aromatic carbocycles. The van der Waals surface area contributed by atoms with Crippen molar-refractivity contribution >= 4 is 51.5 Å². The summed E-state index contributed by atoms with van der Waals surface area (Å²) in [5.41, 5.74) is 1.68. The molecule has 1 fully saturated rings. The fourth-order valence-electron chi connectivity index (χ4n) is 3.01. The van der Waals surface area contributed by atoms with Gasteiger partial charge in [0, 0.05) is 43.0 Å². The van der Waals surface area contributed by atoms with Gasteiger partial charge in [0.05, 0.1) is 18.8 Å². The maximum atomic E-state index is 12.5. The van der Waals surface area contributed by atoms with Gasteiger partial charge in [-0.05, 0) is 34.5 Å². The number of aliphatic imine (C=N–C) groups is 1. The zero-order valence-electron chi connectivity index (χ0n) is 14.6. The van der Waals surface area contributed by atoms with Gasteiger partial charge in [-0.25, -0.2) is 4.98 Å². The molecule has 1 aliphatic rings. The molecule has 0 radical (unpaired) electrons. The molecule has 2 aromatic rings. The molecule has 0 spiro atoms. The number of aromatic nitrogens is 2. The molecule has 1 aliphatic heterocycles. The van der Waals surface area contributed by atoms with Gasteiger partial charge in [-0.1, -0.05) is 0 Å². The molecule has 150 valence electrons. The van der Waals surface area contributed by atoms with Crippen molar-refractivity contribution in [3.63, 3.8) is 0 Å². The van der Waals surface area contributed by atoms with Gasteiger partial charge in [0.2, 0.25) is 0 Å². The molecule has 0 saturated carbocycles. The minimum absolute atomic E-state index is 0. The molecule has 1 unspecified atom stereocenters. The number of nitrogens with one attached hydrogen (secondary N) is 2. The fourth-order valence-corrected chi connectivity index (χ4v) is 3.37. The minimum atomic E-state index is -4.16. The van der Waals surface area contributed by atoms with E-state index in [1.807, 2.05) is 28.9 Å². The number of hydrogen-bond donors (Lipinski definition) is 2. The number of halogens is 5. The topological polar surface area (TPSA) is 57.0 Å². The summed E-state index contributed by atoms with van der Waals surface area (Å²) in [7, 11) is 1.64. The molecular weight excluding hydrogens is 540 g/mol. The highest BCUT2D eigenvalue weighted by atomic mass is 127. The quantitative estimate of drug-likeness (QED) is 0.343. The SMILES string of the molecule is CN=C(NCc1cn2cc(Br)ccc2n1)NC1CCN(CC(F)(F)F)C1.I. The molecule has 27 heavy (non-hydrogen) atoms. The maximum Gasteiger partial charge on any atom is 0.401 e. The van der Waals surface area contributed by atoms with Crippen LogP contribution in [0.15, 0.2) is 34.0 Å². The van der Waals surface area contributed by atoms with Crippen molar-refractivity contribution in [2.24, 2.45) is 4.99 Å². The summed E-state index contributed by atoms with van der Waals surface area (Å²) in [4.78, 5) is 10.1. The Bertz CT molecular complexity index is 794. The monoisotopic (exact) mass is 560 g/mol. The van der Waals surface area contributed by atoms with Gasteiger partial charge in [0.25, 0.3) is 0 Å². The first-order chi connectivity index (χ1) is 12.3. The Kier molecular flexibility index (Phi) is 7.74. The van der Waals surface area contributed by atoms with Crippen LogP contribution in [0.1, 0.15) is 12.1 Å². The number of imidazole rings is 1. The third-order valence-corrected chi connectivity index (χ3v) is 4.61. The van der Waals surface area contributed by atoms with Crippen LogP contribution >= 0.6 is 39.9 Å². The molecule has 3 heterocycles. The number of fused-ring (bicyclic) bond motifs is 1. The molecule has 3 rings (SSSR count). The Hall–Kier alpha value is -1.08. The summed E-state index contributed by atoms with van der Waals surface area (Å²) in [6.45, 7) is 0.379. The Morgan fingerprint density at radius 3 is 2.85 bits per heavy atom. The zero-order chi connectivity index (χ0) is 18.7. The van der Waals surface area contributed by atoms with Crippen molar-refractivity contribution < 1.29 is 13.2 Å². The molecule has 6 nitrogen and oxygen atoms in total. The fraction of sp³-hybridized carbons (Fsp3) is 0.500. The third kappa shape index (κ3) is 6.49. The summed E-state index contributed by atoms with van der Waals surface area (Å²) in [5.74, 6) is 0.557. The van der Waals surface area contributed by atoms with Gasteiger partial charge in [0.1, 0.15) is 5.65 Å². The van der Waals surface area contributed by atoms with E-state index in [1.165, 1.54) is 4.90 Å². The highest BCUT2D eigenvalue weighted by Gasteiger charge is 2.34. The van der Waals surface area contributed by atoms with Crippen LogP contribution in [-0.4, -0.2) is 59.1 Å². The standard InChI is InChI=1S/C16H20BrF3N6.HI/c1-21-15(24-12-4-5-25(8-12)10-16(18,19)20)22-6-13-9-26-7-11(17)2-3-14(26)23-13;/h2-3,7,9,12H,4-6,8,10H2,1H3,(H2,21,22,24);1H. The lowest BCUT2D eigenvalue weighted by Gasteiger charge is -2.19. The van der Waals surface area contributed by atoms with Crippen molar-refractivity contribution in [2.75, 3.05) is 26.7 Å². The molecule has 1 saturated heterocycles. The van der Waals surface area contributed by atoms with Crippen LogP contribution in [0.4, 0.5) is 13.2 Å². The van der Waals surface area contributed by atoms with E-state index in [-0.39, 0.29) is 30.0 Å². The van der Waals surface area contributed by atoms with Crippen LogP contribution in [-0.2, 0) is 6.54 Å². The Labute approximate surface area is 180 Å². The molecule has 11 heteroatoms. The minimum Gasteiger partial charge on any atom is -0.352 e. The van der Waals surface area contributed by atoms with E-state index in [4.69, 9.17) is 0 Å². The predicted molar refractivity (Wildman–Crippen MR) is 113 cm³/mol. The summed E-state index contributed by atoms with van der Waals surface area (Å²) in [5, 5.41) is 6.34. The van der Waals surface area contributed by atoms with E-state index in [0.29, 0.717) is 32.0 Å². The van der Waals surface area contributed by atoms with Gasteiger partial charge in [-0.3, -0.25) is 9.89 Å². The number of guanidine groups is 1. The number of rotatable bonds is 4. The maximum absolute atomic E-state index is 12.5. The van der Waals surface area contributed by atoms with Crippen LogP contribution in [0.25, 0.3) is 5.65 Å². The summed E-state index contributed by atoms with van der Waals surface area (Å²) in [6, 6.07) is 3.78. The third-order valence-electron chi connectivity index (χ3n) is 4.14. The van der Waals surface area contributed by atoms with Crippen LogP contribution < -0.4 is 10.6 Å². The lowest BCUT2D eigenvalue weighted by Crippen LogP contribution is -2.44. The number of alkyl halides is 3. The van der Waals surface area contributed by atoms with Gasteiger partial charge in [-0.2, -0.15) is 13.2 Å². The predicted octanol–water partition coefficient (Wildman–Crippen LogP) is 3.02. The average molecular weight is 561 g/mol. The molecule has 1 atom stereocenters. The van der Waals surface area contributed by atoms with Gasteiger partial charge in [-0.15, -0.1) is 24.0 Å². The molecule has 0 aliphatic carbocycles. The second kappa shape index (κ2) is 9.41. The Morgan fingerprint density at radius 2 is 2.15 bits per heavy atom. The summed E-state index contributed by atoms with van der Waals surface area (Å²) >= 11 is 3.42. The van der Waals surface area contributed by atoms with Crippen molar-refractivity contribution in [2.45, 2.75) is 25.2 Å². The van der Waals surface area contributed by atoms with Crippen LogP contribution in [0.3, 0.4) is 0 Å². The van der Waals surface area contributed by atoms with Gasteiger partial charge < -0.3 is 15.0 Å². The highest BCUT2D eigenvalue weighted by molar-refractivity contribution is 14.0. The van der Waals surface area contributed by atoms with Crippen LogP contribution in [0.2, 0.25) is 0 Å². The molecule has 0 amide bonds. The molecule has 0 bridgehead atoms. The zero-order valence-corrected chi connectivity index (χ0v) is 18.5. The lowest BCUT2D eigenvalue weighted by atomic mass is 10.3. The van der Waals surface area contributed by atoms with Crippen molar-refractivity contribution in [1.82, 2.24) is 24.9 Å². The van der Waals surface area contributed by atoms with Crippen LogP contribution in [0, 0.1) is 0 Å². The van der Waals surface area contributed by atoms with E-state index in [1.54, 1.807) is 7.05 Å². The number of hydrogen-bond acceptors (Lipinski definition) is 3. The normalized spacial score (nSPS) is 18.6. The van der Waals surface area contributed by atoms with Crippen molar-refractivity contribution in [3.05, 3.63) is 34.7 Å². The summed E-state index contributed by atoms with van der Waals surface area (Å²) in [6.07, 6.45) is 0.333. The molecular formula is C16H21BrF3IN6. The Balaban J connectivity index is 0.00000261. The van der Waals surface area contributed by atoms with E-state index >= 15 is 0 Å². The number of likely N-dealkylation sites (tertiary alicyclic amines) is 1. The van der Waals surface area contributed by atoms with Gasteiger partial charge >= 0.3 is 6.18 Å². The van der Waals surface area contributed by atoms with E-state index in [9.17, 15) is 13.2 Å². The lowest BCUT2D eigenvalue weighted by molar-refractivity contribution is -0.143. The van der Waals surface area contributed by atoms with Gasteiger partial charge in [0.15, 0.2) is 5.96 Å². The largest absolute Gasteiger partial charge is 0.401 e. The van der Waals surface area contributed by atoms with Crippen molar-refractivity contribution in [3.8, 4) is 0 Å². The Morgan fingerprint density at radius 1 is 1.37 bits per heavy atom. The van der Waals surface area contributed by atoms with E-state index in [0.717, 1.165) is 15.8 Å². The molecule has 2 N–H and O–H groups in total. The number of nitrogens with zero attached hydrogens (tertiary/aromatic N) is 4. The summed E-state index contributed by atoms with van der Waals surface area (Å²) < 4.78 is 40.3. The first kappa shape index (κ1) is 22.2. The first-order valence-corrected chi connectivity index (χ1v) is 9.01. The first-order valence-electron chi connectivity index (χ1n) is 8.22. The number of pyridine rings is 1. The van der Waals surface area contributed by atoms with E-state index in [2.05, 4.69) is 36.5 Å². The second-order valence-corrected chi connectivity index (χ2v) is 7.17. The van der Waals surface area contributed by atoms with Crippen LogP contribution in [0.5, 0.6) is 0 Å².